The summed E-state index contributed by atoms with van der Waals surface area (Å²) in [5.41, 5.74) is 6.11. The summed E-state index contributed by atoms with van der Waals surface area (Å²) in [6, 6.07) is 7.13. The molecule has 94 valence electrons. The van der Waals surface area contributed by atoms with Crippen molar-refractivity contribution in [3.8, 4) is 5.75 Å². The van der Waals surface area contributed by atoms with E-state index < -0.39 is 0 Å². The van der Waals surface area contributed by atoms with Crippen LogP contribution in [0.5, 0.6) is 5.75 Å². The number of benzene rings is 1. The Morgan fingerprint density at radius 3 is 2.76 bits per heavy atom. The predicted molar refractivity (Wildman–Crippen MR) is 65.6 cm³/mol. The lowest BCUT2D eigenvalue weighted by atomic mass is 10.2. The zero-order valence-corrected chi connectivity index (χ0v) is 9.93. The van der Waals surface area contributed by atoms with Crippen molar-refractivity contribution in [2.45, 2.75) is 13.3 Å². The van der Waals surface area contributed by atoms with E-state index in [2.05, 4.69) is 12.1 Å². The van der Waals surface area contributed by atoms with Gasteiger partial charge in [-0.15, -0.1) is 0 Å². The van der Waals surface area contributed by atoms with E-state index in [1.165, 1.54) is 0 Å². The summed E-state index contributed by atoms with van der Waals surface area (Å²) in [6.45, 7) is 3.74. The van der Waals surface area contributed by atoms with E-state index in [-0.39, 0.29) is 5.84 Å². The largest absolute Gasteiger partial charge is 0.490 e. The van der Waals surface area contributed by atoms with Gasteiger partial charge in [0.05, 0.1) is 12.2 Å². The second-order valence-corrected chi connectivity index (χ2v) is 3.44. The van der Waals surface area contributed by atoms with Gasteiger partial charge >= 0.3 is 0 Å². The van der Waals surface area contributed by atoms with Crippen LogP contribution in [0.2, 0.25) is 0 Å². The van der Waals surface area contributed by atoms with Crippen LogP contribution in [0.3, 0.4) is 0 Å². The highest BCUT2D eigenvalue weighted by molar-refractivity contribution is 5.99. The first-order valence-corrected chi connectivity index (χ1v) is 5.57. The normalized spacial score (nSPS) is 11.5. The maximum Gasteiger partial charge on any atom is 0.173 e. The second-order valence-electron chi connectivity index (χ2n) is 3.44. The summed E-state index contributed by atoms with van der Waals surface area (Å²) in [6.07, 6.45) is 0.987. The first-order chi connectivity index (χ1) is 8.29. The van der Waals surface area contributed by atoms with Crippen LogP contribution in [0, 0.1) is 0 Å². The maximum absolute atomic E-state index is 8.64. The van der Waals surface area contributed by atoms with Gasteiger partial charge in [-0.25, -0.2) is 0 Å². The monoisotopic (exact) mass is 238 g/mol. The molecule has 0 amide bonds. The van der Waals surface area contributed by atoms with E-state index >= 15 is 0 Å². The van der Waals surface area contributed by atoms with Gasteiger partial charge in [-0.2, -0.15) is 0 Å². The SMILES string of the molecule is CCCOCCOc1ccccc1C(N)=NO. The average Bonchev–Trinajstić information content (AvgIpc) is 2.38. The molecule has 3 N–H and O–H groups in total. The van der Waals surface area contributed by atoms with Gasteiger partial charge < -0.3 is 20.4 Å². The number of nitrogens with zero attached hydrogens (tertiary/aromatic N) is 1. The van der Waals surface area contributed by atoms with Gasteiger partial charge in [-0.3, -0.25) is 0 Å². The summed E-state index contributed by atoms with van der Waals surface area (Å²) in [4.78, 5) is 0. The lowest BCUT2D eigenvalue weighted by Gasteiger charge is -2.10. The minimum absolute atomic E-state index is 0.0371. The van der Waals surface area contributed by atoms with Crippen molar-refractivity contribution in [2.24, 2.45) is 10.9 Å². The highest BCUT2D eigenvalue weighted by Crippen LogP contribution is 2.17. The van der Waals surface area contributed by atoms with Gasteiger partial charge in [0, 0.05) is 6.61 Å². The summed E-state index contributed by atoms with van der Waals surface area (Å²) in [5, 5.41) is 11.6. The van der Waals surface area contributed by atoms with Crippen molar-refractivity contribution >= 4 is 5.84 Å². The third-order valence-electron chi connectivity index (χ3n) is 2.10. The molecule has 0 fully saturated rings. The lowest BCUT2D eigenvalue weighted by molar-refractivity contribution is 0.101. The molecule has 0 saturated carbocycles. The van der Waals surface area contributed by atoms with Gasteiger partial charge in [0.15, 0.2) is 5.84 Å². The highest BCUT2D eigenvalue weighted by Gasteiger charge is 2.06. The molecule has 0 aromatic heterocycles. The Hall–Kier alpha value is -1.75. The number of rotatable bonds is 7. The number of oxime groups is 1. The van der Waals surface area contributed by atoms with Gasteiger partial charge in [-0.05, 0) is 18.6 Å². The van der Waals surface area contributed by atoms with Gasteiger partial charge in [0.1, 0.15) is 12.4 Å². The van der Waals surface area contributed by atoms with Crippen LogP contribution in [0.15, 0.2) is 29.4 Å². The minimum atomic E-state index is 0.0371. The van der Waals surface area contributed by atoms with Gasteiger partial charge in [-0.1, -0.05) is 24.2 Å². The molecule has 1 aromatic rings. The zero-order chi connectivity index (χ0) is 12.5. The molecule has 0 aliphatic carbocycles. The van der Waals surface area contributed by atoms with Crippen molar-refractivity contribution in [3.05, 3.63) is 29.8 Å². The number of ether oxygens (including phenoxy) is 2. The van der Waals surface area contributed by atoms with Crippen molar-refractivity contribution in [1.29, 1.82) is 0 Å². The van der Waals surface area contributed by atoms with Gasteiger partial charge in [0.2, 0.25) is 0 Å². The molecule has 0 heterocycles. The van der Waals surface area contributed by atoms with Crippen molar-refractivity contribution in [1.82, 2.24) is 0 Å². The Balaban J connectivity index is 2.53. The molecule has 0 saturated heterocycles. The molecule has 0 spiro atoms. The molecule has 0 unspecified atom stereocenters. The Morgan fingerprint density at radius 2 is 2.06 bits per heavy atom. The molecular formula is C12H18N2O3. The Morgan fingerprint density at radius 1 is 1.29 bits per heavy atom. The van der Waals surface area contributed by atoms with E-state index in [0.717, 1.165) is 13.0 Å². The van der Waals surface area contributed by atoms with Crippen LogP contribution in [-0.2, 0) is 4.74 Å². The van der Waals surface area contributed by atoms with E-state index in [9.17, 15) is 0 Å². The Kier molecular flexibility index (Phi) is 5.88. The third-order valence-corrected chi connectivity index (χ3v) is 2.10. The first-order valence-electron chi connectivity index (χ1n) is 5.57. The molecule has 0 bridgehead atoms. The molecule has 17 heavy (non-hydrogen) atoms. The number of hydrogen-bond acceptors (Lipinski definition) is 4. The van der Waals surface area contributed by atoms with Crippen LogP contribution < -0.4 is 10.5 Å². The number of nitrogens with two attached hydrogens (primary N) is 1. The lowest BCUT2D eigenvalue weighted by Crippen LogP contribution is -2.16. The molecule has 5 nitrogen and oxygen atoms in total. The fraction of sp³-hybridized carbons (Fsp3) is 0.417. The molecule has 0 aliphatic heterocycles. The van der Waals surface area contributed by atoms with E-state index in [4.69, 9.17) is 20.4 Å². The standard InChI is InChI=1S/C12H18N2O3/c1-2-7-16-8-9-17-11-6-4-3-5-10(11)12(13)14-15/h3-6,15H,2,7-9H2,1H3,(H2,13,14). The summed E-state index contributed by atoms with van der Waals surface area (Å²) < 4.78 is 10.8. The number of amidine groups is 1. The fourth-order valence-electron chi connectivity index (χ4n) is 1.31. The van der Waals surface area contributed by atoms with E-state index in [1.54, 1.807) is 18.2 Å². The van der Waals surface area contributed by atoms with Crippen molar-refractivity contribution < 1.29 is 14.7 Å². The molecule has 0 aliphatic rings. The van der Waals surface area contributed by atoms with E-state index in [0.29, 0.717) is 24.5 Å². The third kappa shape index (κ3) is 4.32. The van der Waals surface area contributed by atoms with E-state index in [1.807, 2.05) is 6.07 Å². The smallest absolute Gasteiger partial charge is 0.173 e. The van der Waals surface area contributed by atoms with Crippen LogP contribution >= 0.6 is 0 Å². The molecular weight excluding hydrogens is 220 g/mol. The molecule has 5 heteroatoms. The quantitative estimate of drug-likeness (QED) is 0.248. The molecule has 1 aromatic carbocycles. The highest BCUT2D eigenvalue weighted by atomic mass is 16.5. The zero-order valence-electron chi connectivity index (χ0n) is 9.93. The van der Waals surface area contributed by atoms with Crippen LogP contribution in [0.25, 0.3) is 0 Å². The molecule has 0 radical (unpaired) electrons. The van der Waals surface area contributed by atoms with Crippen LogP contribution in [0.1, 0.15) is 18.9 Å². The predicted octanol–water partition coefficient (Wildman–Crippen LogP) is 1.59. The van der Waals surface area contributed by atoms with Crippen molar-refractivity contribution in [2.75, 3.05) is 19.8 Å². The van der Waals surface area contributed by atoms with Crippen LogP contribution in [-0.4, -0.2) is 30.9 Å². The second kappa shape index (κ2) is 7.51. The number of hydrogen-bond donors (Lipinski definition) is 2. The van der Waals surface area contributed by atoms with Gasteiger partial charge in [0.25, 0.3) is 0 Å². The fourth-order valence-corrected chi connectivity index (χ4v) is 1.31. The molecule has 1 rings (SSSR count). The minimum Gasteiger partial charge on any atom is -0.490 e. The Bertz CT molecular complexity index is 367. The topological polar surface area (TPSA) is 77.1 Å². The maximum atomic E-state index is 8.64. The average molecular weight is 238 g/mol. The number of para-hydroxylation sites is 1. The Labute approximate surface area is 101 Å². The van der Waals surface area contributed by atoms with Crippen molar-refractivity contribution in [3.63, 3.8) is 0 Å². The van der Waals surface area contributed by atoms with Crippen LogP contribution in [0.4, 0.5) is 0 Å². The first kappa shape index (κ1) is 13.3. The summed E-state index contributed by atoms with van der Waals surface area (Å²) >= 11 is 0. The summed E-state index contributed by atoms with van der Waals surface area (Å²) in [7, 11) is 0. The summed E-state index contributed by atoms with van der Waals surface area (Å²) in [5.74, 6) is 0.623. The molecule has 0 atom stereocenters.